The molecule has 144 valence electrons. The molecule has 0 saturated carbocycles. The van der Waals surface area contributed by atoms with E-state index in [0.717, 1.165) is 24.3 Å². The van der Waals surface area contributed by atoms with Gasteiger partial charge in [-0.1, -0.05) is 30.3 Å². The Kier molecular flexibility index (Phi) is 6.32. The number of anilines is 1. The van der Waals surface area contributed by atoms with Crippen LogP contribution in [0.25, 0.3) is 0 Å². The van der Waals surface area contributed by atoms with Crippen molar-refractivity contribution >= 4 is 11.7 Å². The van der Waals surface area contributed by atoms with E-state index in [4.69, 9.17) is 0 Å². The summed E-state index contributed by atoms with van der Waals surface area (Å²) in [5.41, 5.74) is 2.71. The Labute approximate surface area is 165 Å². The molecule has 0 fully saturated rings. The summed E-state index contributed by atoms with van der Waals surface area (Å²) in [6.07, 6.45) is 4.46. The lowest BCUT2D eigenvalue weighted by molar-refractivity contribution is 0.0779. The standard InChI is InChI=1S/C22H25N5O/c1-17-24-20(22(28)27(3)16-19-7-5-4-6-8-19)15-21(25-17)26(2)14-11-18-9-12-23-13-10-18/h4-10,12-13,15H,11,14,16H2,1-3H3. The zero-order valence-electron chi connectivity index (χ0n) is 16.5. The second kappa shape index (κ2) is 9.08. The molecule has 0 aliphatic heterocycles. The second-order valence-electron chi connectivity index (χ2n) is 6.83. The first-order valence-electron chi connectivity index (χ1n) is 9.28. The summed E-state index contributed by atoms with van der Waals surface area (Å²) in [6.45, 7) is 3.14. The molecule has 2 aromatic heterocycles. The van der Waals surface area contributed by atoms with Crippen LogP contribution in [0.15, 0.2) is 60.9 Å². The van der Waals surface area contributed by atoms with Crippen LogP contribution >= 0.6 is 0 Å². The SMILES string of the molecule is Cc1nc(C(=O)N(C)Cc2ccccc2)cc(N(C)CCc2ccncc2)n1. The van der Waals surface area contributed by atoms with E-state index in [0.29, 0.717) is 18.1 Å². The van der Waals surface area contributed by atoms with Crippen LogP contribution in [-0.4, -0.2) is 46.4 Å². The number of amides is 1. The molecule has 3 aromatic rings. The van der Waals surface area contributed by atoms with Crippen molar-refractivity contribution in [3.63, 3.8) is 0 Å². The van der Waals surface area contributed by atoms with Gasteiger partial charge in [0.15, 0.2) is 0 Å². The number of carbonyl (C=O) groups excluding carboxylic acids is 1. The number of aryl methyl sites for hydroxylation is 1. The van der Waals surface area contributed by atoms with E-state index < -0.39 is 0 Å². The molecule has 1 aromatic carbocycles. The van der Waals surface area contributed by atoms with E-state index >= 15 is 0 Å². The molecule has 6 heteroatoms. The third-order valence-corrected chi connectivity index (χ3v) is 4.53. The average molecular weight is 375 g/mol. The number of likely N-dealkylation sites (N-methyl/N-ethyl adjacent to an activating group) is 1. The smallest absolute Gasteiger partial charge is 0.272 e. The Morgan fingerprint density at radius 3 is 2.39 bits per heavy atom. The number of hydrogen-bond acceptors (Lipinski definition) is 5. The molecule has 6 nitrogen and oxygen atoms in total. The highest BCUT2D eigenvalue weighted by atomic mass is 16.2. The Bertz CT molecular complexity index is 915. The Morgan fingerprint density at radius 2 is 1.68 bits per heavy atom. The van der Waals surface area contributed by atoms with Crippen molar-refractivity contribution in [2.24, 2.45) is 0 Å². The first-order chi connectivity index (χ1) is 13.5. The summed E-state index contributed by atoms with van der Waals surface area (Å²) < 4.78 is 0. The number of carbonyl (C=O) groups is 1. The summed E-state index contributed by atoms with van der Waals surface area (Å²) in [5.74, 6) is 1.22. The molecule has 0 N–H and O–H groups in total. The van der Waals surface area contributed by atoms with Gasteiger partial charge in [-0.05, 0) is 36.6 Å². The van der Waals surface area contributed by atoms with Crippen LogP contribution in [0.3, 0.4) is 0 Å². The topological polar surface area (TPSA) is 62.2 Å². The van der Waals surface area contributed by atoms with Crippen molar-refractivity contribution in [3.8, 4) is 0 Å². The minimum atomic E-state index is -0.113. The molecule has 0 bridgehead atoms. The first kappa shape index (κ1) is 19.5. The van der Waals surface area contributed by atoms with Crippen LogP contribution in [0.1, 0.15) is 27.4 Å². The molecule has 0 aliphatic carbocycles. The Hall–Kier alpha value is -3.28. The largest absolute Gasteiger partial charge is 0.359 e. The van der Waals surface area contributed by atoms with Crippen molar-refractivity contribution < 1.29 is 4.79 Å². The van der Waals surface area contributed by atoms with Crippen molar-refractivity contribution in [2.75, 3.05) is 25.5 Å². The second-order valence-corrected chi connectivity index (χ2v) is 6.83. The fourth-order valence-electron chi connectivity index (χ4n) is 2.94. The van der Waals surface area contributed by atoms with Gasteiger partial charge >= 0.3 is 0 Å². The molecule has 0 atom stereocenters. The van der Waals surface area contributed by atoms with Gasteiger partial charge in [0.1, 0.15) is 17.3 Å². The summed E-state index contributed by atoms with van der Waals surface area (Å²) in [5, 5.41) is 0. The predicted octanol–water partition coefficient (Wildman–Crippen LogP) is 3.13. The molecule has 0 aliphatic rings. The van der Waals surface area contributed by atoms with Crippen LogP contribution in [-0.2, 0) is 13.0 Å². The Balaban J connectivity index is 1.70. The van der Waals surface area contributed by atoms with Crippen LogP contribution in [0.5, 0.6) is 0 Å². The normalized spacial score (nSPS) is 10.5. The number of hydrogen-bond donors (Lipinski definition) is 0. The maximum absolute atomic E-state index is 12.9. The average Bonchev–Trinajstić information content (AvgIpc) is 2.72. The van der Waals surface area contributed by atoms with Crippen molar-refractivity contribution in [1.29, 1.82) is 0 Å². The number of rotatable bonds is 7. The van der Waals surface area contributed by atoms with Gasteiger partial charge in [-0.2, -0.15) is 0 Å². The van der Waals surface area contributed by atoms with Crippen molar-refractivity contribution in [1.82, 2.24) is 19.9 Å². The lowest BCUT2D eigenvalue weighted by atomic mass is 10.2. The highest BCUT2D eigenvalue weighted by Crippen LogP contribution is 2.14. The van der Waals surface area contributed by atoms with Gasteiger partial charge in [0.25, 0.3) is 5.91 Å². The van der Waals surface area contributed by atoms with Crippen LogP contribution in [0.2, 0.25) is 0 Å². The minimum Gasteiger partial charge on any atom is -0.359 e. The molecule has 1 amide bonds. The van der Waals surface area contributed by atoms with E-state index in [2.05, 4.69) is 15.0 Å². The van der Waals surface area contributed by atoms with Crippen molar-refractivity contribution in [2.45, 2.75) is 19.9 Å². The Morgan fingerprint density at radius 1 is 0.964 bits per heavy atom. The highest BCUT2D eigenvalue weighted by Gasteiger charge is 2.17. The quantitative estimate of drug-likeness (QED) is 0.635. The lowest BCUT2D eigenvalue weighted by Crippen LogP contribution is -2.28. The number of pyridine rings is 1. The van der Waals surface area contributed by atoms with Gasteiger partial charge < -0.3 is 9.80 Å². The van der Waals surface area contributed by atoms with Gasteiger partial charge in [-0.25, -0.2) is 9.97 Å². The van der Waals surface area contributed by atoms with E-state index in [1.165, 1.54) is 5.56 Å². The van der Waals surface area contributed by atoms with E-state index in [-0.39, 0.29) is 5.91 Å². The third-order valence-electron chi connectivity index (χ3n) is 4.53. The van der Waals surface area contributed by atoms with Gasteiger partial charge in [0, 0.05) is 45.6 Å². The lowest BCUT2D eigenvalue weighted by Gasteiger charge is -2.21. The van der Waals surface area contributed by atoms with Gasteiger partial charge in [-0.3, -0.25) is 9.78 Å². The van der Waals surface area contributed by atoms with Gasteiger partial charge in [0.05, 0.1) is 0 Å². The molecule has 0 saturated heterocycles. The maximum Gasteiger partial charge on any atom is 0.272 e. The van der Waals surface area contributed by atoms with E-state index in [1.807, 2.05) is 61.3 Å². The number of aromatic nitrogens is 3. The third kappa shape index (κ3) is 5.13. The predicted molar refractivity (Wildman–Crippen MR) is 110 cm³/mol. The summed E-state index contributed by atoms with van der Waals surface area (Å²) in [4.78, 5) is 29.5. The van der Waals surface area contributed by atoms with E-state index in [1.54, 1.807) is 30.4 Å². The van der Waals surface area contributed by atoms with Crippen LogP contribution in [0.4, 0.5) is 5.82 Å². The fraction of sp³-hybridized carbons (Fsp3) is 0.273. The molecular weight excluding hydrogens is 350 g/mol. The fourth-order valence-corrected chi connectivity index (χ4v) is 2.94. The monoisotopic (exact) mass is 375 g/mol. The zero-order valence-corrected chi connectivity index (χ0v) is 16.5. The maximum atomic E-state index is 12.9. The van der Waals surface area contributed by atoms with Crippen LogP contribution < -0.4 is 4.90 Å². The number of benzene rings is 1. The summed E-state index contributed by atoms with van der Waals surface area (Å²) in [7, 11) is 3.77. The first-order valence-corrected chi connectivity index (χ1v) is 9.28. The summed E-state index contributed by atoms with van der Waals surface area (Å²) in [6, 6.07) is 15.7. The molecule has 0 unspecified atom stereocenters. The summed E-state index contributed by atoms with van der Waals surface area (Å²) >= 11 is 0. The number of nitrogens with zero attached hydrogens (tertiary/aromatic N) is 5. The van der Waals surface area contributed by atoms with Gasteiger partial charge in [0.2, 0.25) is 0 Å². The molecule has 0 spiro atoms. The molecule has 3 rings (SSSR count). The highest BCUT2D eigenvalue weighted by molar-refractivity contribution is 5.92. The molecule has 0 radical (unpaired) electrons. The van der Waals surface area contributed by atoms with E-state index in [9.17, 15) is 4.79 Å². The van der Waals surface area contributed by atoms with Gasteiger partial charge in [-0.15, -0.1) is 0 Å². The molecule has 2 heterocycles. The van der Waals surface area contributed by atoms with Crippen LogP contribution in [0, 0.1) is 6.92 Å². The van der Waals surface area contributed by atoms with Crippen molar-refractivity contribution in [3.05, 3.63) is 83.6 Å². The minimum absolute atomic E-state index is 0.113. The molecule has 28 heavy (non-hydrogen) atoms. The molecular formula is C22H25N5O. The zero-order chi connectivity index (χ0) is 19.9.